The van der Waals surface area contributed by atoms with Crippen molar-refractivity contribution < 1.29 is 14.3 Å². The van der Waals surface area contributed by atoms with Crippen molar-refractivity contribution in [3.8, 4) is 5.75 Å². The van der Waals surface area contributed by atoms with Gasteiger partial charge in [-0.05, 0) is 30.5 Å². The highest BCUT2D eigenvalue weighted by Gasteiger charge is 1.96. The maximum absolute atomic E-state index is 10.3. The van der Waals surface area contributed by atoms with E-state index in [0.29, 0.717) is 13.3 Å². The molecule has 0 aliphatic heterocycles. The van der Waals surface area contributed by atoms with Gasteiger partial charge < -0.3 is 14.4 Å². The van der Waals surface area contributed by atoms with Gasteiger partial charge >= 0.3 is 0 Å². The van der Waals surface area contributed by atoms with Crippen LogP contribution in [0.25, 0.3) is 0 Å². The van der Waals surface area contributed by atoms with E-state index in [4.69, 9.17) is 9.47 Å². The number of ether oxygens (including phenoxy) is 2. The Balaban J connectivity index is 2.15. The number of methoxy groups -OCH3 is 1. The average molecular weight is 237 g/mol. The lowest BCUT2D eigenvalue weighted by molar-refractivity contribution is -0.121. The number of amides is 1. The summed E-state index contributed by atoms with van der Waals surface area (Å²) in [5.74, 6) is 0.873. The SMILES string of the molecule is COc1ccc(CCCOCN(C)C=O)cc1. The van der Waals surface area contributed by atoms with E-state index >= 15 is 0 Å². The summed E-state index contributed by atoms with van der Waals surface area (Å²) in [4.78, 5) is 11.8. The zero-order valence-electron chi connectivity index (χ0n) is 10.4. The second-order valence-electron chi connectivity index (χ2n) is 3.85. The Bertz CT molecular complexity index is 324. The minimum atomic E-state index is 0.353. The third-order valence-electron chi connectivity index (χ3n) is 2.39. The molecule has 0 radical (unpaired) electrons. The molecule has 0 unspecified atom stereocenters. The monoisotopic (exact) mass is 237 g/mol. The Morgan fingerprint density at radius 1 is 1.29 bits per heavy atom. The fourth-order valence-corrected chi connectivity index (χ4v) is 1.41. The number of benzene rings is 1. The number of nitrogens with zero attached hydrogens (tertiary/aromatic N) is 1. The van der Waals surface area contributed by atoms with Crippen molar-refractivity contribution in [3.05, 3.63) is 29.8 Å². The lowest BCUT2D eigenvalue weighted by Crippen LogP contribution is -2.20. The molecule has 0 fully saturated rings. The van der Waals surface area contributed by atoms with E-state index in [-0.39, 0.29) is 0 Å². The van der Waals surface area contributed by atoms with Crippen molar-refractivity contribution >= 4 is 6.41 Å². The van der Waals surface area contributed by atoms with Crippen molar-refractivity contribution in [1.82, 2.24) is 4.90 Å². The molecule has 17 heavy (non-hydrogen) atoms. The quantitative estimate of drug-likeness (QED) is 0.392. The Labute approximate surface area is 102 Å². The molecule has 0 N–H and O–H groups in total. The lowest BCUT2D eigenvalue weighted by atomic mass is 10.1. The van der Waals surface area contributed by atoms with Crippen LogP contribution in [0.4, 0.5) is 0 Å². The van der Waals surface area contributed by atoms with E-state index < -0.39 is 0 Å². The topological polar surface area (TPSA) is 38.8 Å². The minimum absolute atomic E-state index is 0.353. The second kappa shape index (κ2) is 7.68. The summed E-state index contributed by atoms with van der Waals surface area (Å²) in [5, 5.41) is 0. The molecule has 0 aromatic heterocycles. The van der Waals surface area contributed by atoms with Crippen molar-refractivity contribution in [2.75, 3.05) is 27.5 Å². The summed E-state index contributed by atoms with van der Waals surface area (Å²) >= 11 is 0. The smallest absolute Gasteiger partial charge is 0.211 e. The van der Waals surface area contributed by atoms with Gasteiger partial charge in [0.25, 0.3) is 0 Å². The maximum Gasteiger partial charge on any atom is 0.211 e. The van der Waals surface area contributed by atoms with Crippen LogP contribution in [0.2, 0.25) is 0 Å². The van der Waals surface area contributed by atoms with Gasteiger partial charge in [0.15, 0.2) is 0 Å². The zero-order valence-corrected chi connectivity index (χ0v) is 10.4. The Morgan fingerprint density at radius 2 is 2.00 bits per heavy atom. The third-order valence-corrected chi connectivity index (χ3v) is 2.39. The summed E-state index contributed by atoms with van der Waals surface area (Å²) in [5.41, 5.74) is 1.26. The fraction of sp³-hybridized carbons (Fsp3) is 0.462. The van der Waals surface area contributed by atoms with Gasteiger partial charge in [-0.3, -0.25) is 4.79 Å². The molecule has 0 aliphatic carbocycles. The number of aryl methyl sites for hydroxylation is 1. The van der Waals surface area contributed by atoms with Crippen molar-refractivity contribution in [1.29, 1.82) is 0 Å². The van der Waals surface area contributed by atoms with Gasteiger partial charge in [-0.15, -0.1) is 0 Å². The highest BCUT2D eigenvalue weighted by Crippen LogP contribution is 2.12. The Morgan fingerprint density at radius 3 is 2.59 bits per heavy atom. The number of carbonyl (C=O) groups is 1. The molecular weight excluding hydrogens is 218 g/mol. The highest BCUT2D eigenvalue weighted by molar-refractivity contribution is 5.45. The standard InChI is InChI=1S/C13H19NO3/c1-14(10-15)11-17-9-3-4-12-5-7-13(16-2)8-6-12/h5-8,10H,3-4,9,11H2,1-2H3. The normalized spacial score (nSPS) is 10.0. The highest BCUT2D eigenvalue weighted by atomic mass is 16.5. The number of carbonyl (C=O) groups excluding carboxylic acids is 1. The van der Waals surface area contributed by atoms with Gasteiger partial charge in [0.2, 0.25) is 6.41 Å². The molecule has 4 heteroatoms. The predicted octanol–water partition coefficient (Wildman–Crippen LogP) is 1.69. The van der Waals surface area contributed by atoms with Crippen LogP contribution in [0.3, 0.4) is 0 Å². The van der Waals surface area contributed by atoms with E-state index in [2.05, 4.69) is 12.1 Å². The van der Waals surface area contributed by atoms with E-state index in [0.717, 1.165) is 25.0 Å². The van der Waals surface area contributed by atoms with Gasteiger partial charge in [0.1, 0.15) is 12.5 Å². The van der Waals surface area contributed by atoms with Gasteiger partial charge in [-0.1, -0.05) is 12.1 Å². The van der Waals surface area contributed by atoms with Gasteiger partial charge in [0, 0.05) is 13.7 Å². The van der Waals surface area contributed by atoms with Crippen LogP contribution in [0.5, 0.6) is 5.75 Å². The van der Waals surface area contributed by atoms with Crippen molar-refractivity contribution in [3.63, 3.8) is 0 Å². The van der Waals surface area contributed by atoms with Crippen LogP contribution in [0.15, 0.2) is 24.3 Å². The first-order valence-electron chi connectivity index (χ1n) is 5.62. The molecule has 0 aliphatic rings. The first kappa shape index (κ1) is 13.5. The molecule has 1 aromatic rings. The van der Waals surface area contributed by atoms with E-state index in [1.54, 1.807) is 14.2 Å². The first-order chi connectivity index (χ1) is 8.26. The Hall–Kier alpha value is -1.55. The summed E-state index contributed by atoms with van der Waals surface area (Å²) in [6.07, 6.45) is 2.66. The average Bonchev–Trinajstić information content (AvgIpc) is 2.38. The molecule has 94 valence electrons. The molecule has 0 spiro atoms. The molecule has 0 saturated carbocycles. The second-order valence-corrected chi connectivity index (χ2v) is 3.85. The van der Waals surface area contributed by atoms with Crippen LogP contribution < -0.4 is 4.74 Å². The number of hydrogen-bond acceptors (Lipinski definition) is 3. The Kier molecular flexibility index (Phi) is 6.10. The van der Waals surface area contributed by atoms with Crippen LogP contribution in [-0.2, 0) is 16.0 Å². The third kappa shape index (κ3) is 5.36. The number of rotatable bonds is 8. The molecule has 1 amide bonds. The molecule has 1 aromatic carbocycles. The molecular formula is C13H19NO3. The van der Waals surface area contributed by atoms with Crippen LogP contribution in [0.1, 0.15) is 12.0 Å². The van der Waals surface area contributed by atoms with E-state index in [1.165, 1.54) is 10.5 Å². The van der Waals surface area contributed by atoms with Gasteiger partial charge in [-0.25, -0.2) is 0 Å². The zero-order chi connectivity index (χ0) is 12.5. The van der Waals surface area contributed by atoms with Gasteiger partial charge in [0.05, 0.1) is 7.11 Å². The maximum atomic E-state index is 10.3. The molecule has 1 rings (SSSR count). The van der Waals surface area contributed by atoms with Gasteiger partial charge in [-0.2, -0.15) is 0 Å². The van der Waals surface area contributed by atoms with E-state index in [1.807, 2.05) is 12.1 Å². The first-order valence-corrected chi connectivity index (χ1v) is 5.62. The molecule has 0 bridgehead atoms. The summed E-state index contributed by atoms with van der Waals surface area (Å²) in [6, 6.07) is 8.01. The fourth-order valence-electron chi connectivity index (χ4n) is 1.41. The summed E-state index contributed by atoms with van der Waals surface area (Å²) < 4.78 is 10.4. The summed E-state index contributed by atoms with van der Waals surface area (Å²) in [6.45, 7) is 1.01. The summed E-state index contributed by atoms with van der Waals surface area (Å²) in [7, 11) is 3.35. The molecule has 0 atom stereocenters. The number of hydrogen-bond donors (Lipinski definition) is 0. The van der Waals surface area contributed by atoms with Crippen molar-refractivity contribution in [2.24, 2.45) is 0 Å². The van der Waals surface area contributed by atoms with E-state index in [9.17, 15) is 4.79 Å². The van der Waals surface area contributed by atoms with Crippen LogP contribution >= 0.6 is 0 Å². The molecule has 0 saturated heterocycles. The van der Waals surface area contributed by atoms with Crippen molar-refractivity contribution in [2.45, 2.75) is 12.8 Å². The molecule has 0 heterocycles. The lowest BCUT2D eigenvalue weighted by Gasteiger charge is -2.10. The molecule has 4 nitrogen and oxygen atoms in total. The minimum Gasteiger partial charge on any atom is -0.497 e. The predicted molar refractivity (Wildman–Crippen MR) is 66.0 cm³/mol. The largest absolute Gasteiger partial charge is 0.497 e. The van der Waals surface area contributed by atoms with Crippen LogP contribution in [0, 0.1) is 0 Å². The van der Waals surface area contributed by atoms with Crippen LogP contribution in [-0.4, -0.2) is 38.8 Å².